The summed E-state index contributed by atoms with van der Waals surface area (Å²) in [5, 5.41) is 0. The summed E-state index contributed by atoms with van der Waals surface area (Å²) in [4.78, 5) is 18.4. The highest BCUT2D eigenvalue weighted by Gasteiger charge is 2.27. The van der Waals surface area contributed by atoms with Crippen LogP contribution in [0.3, 0.4) is 0 Å². The van der Waals surface area contributed by atoms with Crippen LogP contribution in [0.4, 0.5) is 0 Å². The van der Waals surface area contributed by atoms with Gasteiger partial charge in [-0.1, -0.05) is 20.8 Å². The number of carbonyl (C=O) groups is 1. The summed E-state index contributed by atoms with van der Waals surface area (Å²) in [6, 6.07) is 0. The molecule has 0 amide bonds. The predicted octanol–water partition coefficient (Wildman–Crippen LogP) is 2.75. The van der Waals surface area contributed by atoms with Gasteiger partial charge in [0.2, 0.25) is 5.89 Å². The van der Waals surface area contributed by atoms with Gasteiger partial charge in [0.25, 0.3) is 0 Å². The molecule has 0 radical (unpaired) electrons. The second kappa shape index (κ2) is 6.60. The van der Waals surface area contributed by atoms with Crippen LogP contribution >= 0.6 is 0 Å². The molecule has 21 heavy (non-hydrogen) atoms. The number of aromatic nitrogens is 1. The summed E-state index contributed by atoms with van der Waals surface area (Å²) >= 11 is 0. The Morgan fingerprint density at radius 3 is 2.62 bits per heavy atom. The number of rotatable bonds is 4. The van der Waals surface area contributed by atoms with Gasteiger partial charge in [-0.2, -0.15) is 0 Å². The van der Waals surface area contributed by atoms with Crippen molar-refractivity contribution in [1.29, 1.82) is 0 Å². The van der Waals surface area contributed by atoms with Crippen molar-refractivity contribution >= 4 is 5.97 Å². The normalized spacial score (nSPS) is 17.9. The number of hydrogen-bond donors (Lipinski definition) is 0. The van der Waals surface area contributed by atoms with Crippen LogP contribution in [0, 0.1) is 5.92 Å². The lowest BCUT2D eigenvalue weighted by atomic mass is 9.94. The molecule has 1 saturated heterocycles. The van der Waals surface area contributed by atoms with Gasteiger partial charge in [-0.25, -0.2) is 4.98 Å². The van der Waals surface area contributed by atoms with Gasteiger partial charge >= 0.3 is 5.97 Å². The summed E-state index contributed by atoms with van der Waals surface area (Å²) in [5.41, 5.74) is -0.0118. The summed E-state index contributed by atoms with van der Waals surface area (Å²) in [6.07, 6.45) is 3.53. The van der Waals surface area contributed by atoms with Crippen molar-refractivity contribution in [3.8, 4) is 0 Å². The van der Waals surface area contributed by atoms with Crippen LogP contribution < -0.4 is 0 Å². The summed E-state index contributed by atoms with van der Waals surface area (Å²) in [7, 11) is 0. The number of ether oxygens (including phenoxy) is 1. The molecular weight excluding hydrogens is 268 g/mol. The summed E-state index contributed by atoms with van der Waals surface area (Å²) < 4.78 is 10.9. The van der Waals surface area contributed by atoms with Crippen LogP contribution in [0.5, 0.6) is 0 Å². The van der Waals surface area contributed by atoms with Crippen molar-refractivity contribution in [2.24, 2.45) is 5.92 Å². The largest absolute Gasteiger partial charge is 0.466 e. The Labute approximate surface area is 126 Å². The number of carbonyl (C=O) groups excluding carboxylic acids is 1. The molecule has 0 spiro atoms. The molecule has 0 aromatic carbocycles. The SMILES string of the molecule is CCOC(=O)C1CCN(Cc2ncc(C(C)(C)C)o2)CC1. The maximum atomic E-state index is 11.7. The zero-order chi connectivity index (χ0) is 15.5. The van der Waals surface area contributed by atoms with Gasteiger partial charge in [-0.05, 0) is 32.9 Å². The fourth-order valence-corrected chi connectivity index (χ4v) is 2.51. The second-order valence-electron chi connectivity index (χ2n) is 6.67. The first-order valence-corrected chi connectivity index (χ1v) is 7.74. The Hall–Kier alpha value is -1.36. The van der Waals surface area contributed by atoms with E-state index in [1.54, 1.807) is 0 Å². The quantitative estimate of drug-likeness (QED) is 0.799. The van der Waals surface area contributed by atoms with E-state index < -0.39 is 0 Å². The zero-order valence-corrected chi connectivity index (χ0v) is 13.5. The van der Waals surface area contributed by atoms with Crippen molar-refractivity contribution in [2.75, 3.05) is 19.7 Å². The van der Waals surface area contributed by atoms with Crippen LogP contribution in [-0.4, -0.2) is 35.5 Å². The second-order valence-corrected chi connectivity index (χ2v) is 6.67. The van der Waals surface area contributed by atoms with Gasteiger partial charge in [0.15, 0.2) is 0 Å². The van der Waals surface area contributed by atoms with E-state index in [0.29, 0.717) is 13.2 Å². The predicted molar refractivity (Wildman–Crippen MR) is 79.8 cm³/mol. The maximum Gasteiger partial charge on any atom is 0.309 e. The van der Waals surface area contributed by atoms with E-state index in [0.717, 1.165) is 37.6 Å². The first kappa shape index (κ1) is 16.0. The highest BCUT2D eigenvalue weighted by molar-refractivity contribution is 5.72. The number of nitrogens with zero attached hydrogens (tertiary/aromatic N) is 2. The molecular formula is C16H26N2O3. The lowest BCUT2D eigenvalue weighted by Crippen LogP contribution is -2.36. The van der Waals surface area contributed by atoms with E-state index in [2.05, 4.69) is 30.7 Å². The average molecular weight is 294 g/mol. The minimum absolute atomic E-state index is 0.0118. The van der Waals surface area contributed by atoms with Gasteiger partial charge < -0.3 is 9.15 Å². The molecule has 1 aliphatic rings. The molecule has 1 aromatic heterocycles. The van der Waals surface area contributed by atoms with E-state index in [4.69, 9.17) is 9.15 Å². The first-order chi connectivity index (χ1) is 9.90. The smallest absolute Gasteiger partial charge is 0.309 e. The van der Waals surface area contributed by atoms with Gasteiger partial charge in [0.1, 0.15) is 5.76 Å². The van der Waals surface area contributed by atoms with E-state index in [-0.39, 0.29) is 17.3 Å². The molecule has 1 aromatic rings. The lowest BCUT2D eigenvalue weighted by molar-refractivity contribution is -0.149. The topological polar surface area (TPSA) is 55.6 Å². The monoisotopic (exact) mass is 294 g/mol. The average Bonchev–Trinajstić information content (AvgIpc) is 2.88. The molecule has 5 nitrogen and oxygen atoms in total. The van der Waals surface area contributed by atoms with Gasteiger partial charge in [0.05, 0.1) is 25.3 Å². The van der Waals surface area contributed by atoms with E-state index in [1.807, 2.05) is 13.1 Å². The van der Waals surface area contributed by atoms with Crippen LogP contribution in [-0.2, 0) is 21.5 Å². The molecule has 0 N–H and O–H groups in total. The van der Waals surface area contributed by atoms with Crippen molar-refractivity contribution in [3.05, 3.63) is 17.8 Å². The van der Waals surface area contributed by atoms with Crippen molar-refractivity contribution in [1.82, 2.24) is 9.88 Å². The first-order valence-electron chi connectivity index (χ1n) is 7.74. The van der Waals surface area contributed by atoms with E-state index in [9.17, 15) is 4.79 Å². The van der Waals surface area contributed by atoms with Gasteiger partial charge in [0, 0.05) is 5.41 Å². The van der Waals surface area contributed by atoms with Crippen molar-refractivity contribution in [2.45, 2.75) is 52.5 Å². The molecule has 0 atom stereocenters. The standard InChI is InChI=1S/C16H26N2O3/c1-5-20-15(19)12-6-8-18(9-7-12)11-14-17-10-13(21-14)16(2,3)4/h10,12H,5-9,11H2,1-4H3. The number of piperidine rings is 1. The summed E-state index contributed by atoms with van der Waals surface area (Å²) in [5.74, 6) is 1.67. The third-order valence-corrected chi connectivity index (χ3v) is 3.86. The molecule has 118 valence electrons. The van der Waals surface area contributed by atoms with Crippen molar-refractivity contribution < 1.29 is 13.9 Å². The van der Waals surface area contributed by atoms with Crippen LogP contribution in [0.1, 0.15) is 52.2 Å². The van der Waals surface area contributed by atoms with Gasteiger partial charge in [-0.3, -0.25) is 9.69 Å². The molecule has 2 rings (SSSR count). The van der Waals surface area contributed by atoms with Crippen molar-refractivity contribution in [3.63, 3.8) is 0 Å². The minimum atomic E-state index is -0.0525. The Morgan fingerprint density at radius 1 is 1.43 bits per heavy atom. The number of likely N-dealkylation sites (tertiary alicyclic amines) is 1. The Balaban J connectivity index is 1.83. The number of hydrogen-bond acceptors (Lipinski definition) is 5. The number of esters is 1. The van der Waals surface area contributed by atoms with E-state index >= 15 is 0 Å². The molecule has 1 fully saturated rings. The van der Waals surface area contributed by atoms with Crippen LogP contribution in [0.15, 0.2) is 10.6 Å². The fourth-order valence-electron chi connectivity index (χ4n) is 2.51. The van der Waals surface area contributed by atoms with Crippen LogP contribution in [0.2, 0.25) is 0 Å². The third-order valence-electron chi connectivity index (χ3n) is 3.86. The molecule has 0 aliphatic carbocycles. The molecule has 5 heteroatoms. The molecule has 0 unspecified atom stereocenters. The fraction of sp³-hybridized carbons (Fsp3) is 0.750. The summed E-state index contributed by atoms with van der Waals surface area (Å²) in [6.45, 7) is 11.1. The Morgan fingerprint density at radius 2 is 2.10 bits per heavy atom. The Bertz CT molecular complexity index is 468. The zero-order valence-electron chi connectivity index (χ0n) is 13.5. The van der Waals surface area contributed by atoms with E-state index in [1.165, 1.54) is 0 Å². The highest BCUT2D eigenvalue weighted by atomic mass is 16.5. The van der Waals surface area contributed by atoms with Crippen LogP contribution in [0.25, 0.3) is 0 Å². The minimum Gasteiger partial charge on any atom is -0.466 e. The molecule has 0 saturated carbocycles. The third kappa shape index (κ3) is 4.30. The molecule has 2 heterocycles. The number of oxazole rings is 1. The maximum absolute atomic E-state index is 11.7. The lowest BCUT2D eigenvalue weighted by Gasteiger charge is -2.29. The van der Waals surface area contributed by atoms with Gasteiger partial charge in [-0.15, -0.1) is 0 Å². The highest BCUT2D eigenvalue weighted by Crippen LogP contribution is 2.24. The molecule has 1 aliphatic heterocycles. The molecule has 0 bridgehead atoms. The Kier molecular flexibility index (Phi) is 5.04.